The van der Waals surface area contributed by atoms with Crippen molar-refractivity contribution in [2.24, 2.45) is 0 Å². The normalized spacial score (nSPS) is 12.3. The van der Waals surface area contributed by atoms with Gasteiger partial charge in [-0.05, 0) is 71.4 Å². The van der Waals surface area contributed by atoms with E-state index in [1.807, 2.05) is 58.9 Å². The van der Waals surface area contributed by atoms with Crippen LogP contribution in [0.15, 0.2) is 71.6 Å². The number of anilines is 1. The van der Waals surface area contributed by atoms with Crippen LogP contribution in [-0.2, 0) is 26.2 Å². The highest BCUT2D eigenvalue weighted by Gasteiger charge is 2.33. The maximum Gasteiger partial charge on any atom is 0.264 e. The summed E-state index contributed by atoms with van der Waals surface area (Å²) >= 11 is 0. The second-order valence-corrected chi connectivity index (χ2v) is 13.1. The Morgan fingerprint density at radius 1 is 0.857 bits per heavy atom. The molecule has 0 aliphatic heterocycles. The zero-order valence-corrected chi connectivity index (χ0v) is 26.4. The molecule has 0 radical (unpaired) electrons. The summed E-state index contributed by atoms with van der Waals surface area (Å²) in [6.07, 6.45) is 0. The van der Waals surface area contributed by atoms with Crippen molar-refractivity contribution in [1.82, 2.24) is 10.2 Å². The number of sulfonamides is 1. The minimum Gasteiger partial charge on any atom is -0.493 e. The number of aryl methyl sites for hydroxylation is 2. The summed E-state index contributed by atoms with van der Waals surface area (Å²) in [5.41, 5.74) is 2.60. The van der Waals surface area contributed by atoms with Crippen LogP contribution in [-0.4, -0.2) is 57.5 Å². The number of amides is 2. The van der Waals surface area contributed by atoms with Crippen LogP contribution in [0.2, 0.25) is 0 Å². The van der Waals surface area contributed by atoms with Crippen molar-refractivity contribution in [3.05, 3.63) is 83.4 Å². The van der Waals surface area contributed by atoms with Crippen molar-refractivity contribution >= 4 is 27.5 Å². The van der Waals surface area contributed by atoms with Crippen LogP contribution >= 0.6 is 0 Å². The molecule has 2 amide bonds. The number of carbonyl (C=O) groups is 2. The third kappa shape index (κ3) is 8.03. The monoisotopic (exact) mass is 595 g/mol. The van der Waals surface area contributed by atoms with Crippen molar-refractivity contribution in [2.45, 2.75) is 64.6 Å². The van der Waals surface area contributed by atoms with Gasteiger partial charge in [0, 0.05) is 18.2 Å². The van der Waals surface area contributed by atoms with E-state index in [9.17, 15) is 18.0 Å². The molecule has 0 aliphatic rings. The fourth-order valence-corrected chi connectivity index (χ4v) is 5.72. The van der Waals surface area contributed by atoms with E-state index in [-0.39, 0.29) is 23.1 Å². The molecular weight excluding hydrogens is 554 g/mol. The Labute approximate surface area is 249 Å². The number of hydrogen-bond donors (Lipinski definition) is 1. The van der Waals surface area contributed by atoms with Gasteiger partial charge < -0.3 is 19.7 Å². The van der Waals surface area contributed by atoms with Crippen molar-refractivity contribution in [2.75, 3.05) is 25.1 Å². The summed E-state index contributed by atoms with van der Waals surface area (Å²) in [7, 11) is -1.38. The average Bonchev–Trinajstić information content (AvgIpc) is 2.94. The molecule has 0 heterocycles. The first-order valence-corrected chi connectivity index (χ1v) is 15.1. The fraction of sp³-hybridized carbons (Fsp3) is 0.375. The van der Waals surface area contributed by atoms with Crippen molar-refractivity contribution in [1.29, 1.82) is 0 Å². The Bertz CT molecular complexity index is 1500. The van der Waals surface area contributed by atoms with Crippen LogP contribution in [0, 0.1) is 13.8 Å². The van der Waals surface area contributed by atoms with Crippen LogP contribution < -0.4 is 19.1 Å². The number of ether oxygens (including phenoxy) is 2. The number of hydrogen-bond acceptors (Lipinski definition) is 6. The lowest BCUT2D eigenvalue weighted by Gasteiger charge is -2.33. The van der Waals surface area contributed by atoms with E-state index in [1.54, 1.807) is 31.2 Å². The fourth-order valence-electron chi connectivity index (χ4n) is 4.29. The van der Waals surface area contributed by atoms with Gasteiger partial charge in [-0.25, -0.2) is 8.42 Å². The number of carbonyl (C=O) groups excluding carboxylic acids is 2. The summed E-state index contributed by atoms with van der Waals surface area (Å²) in [6, 6.07) is 17.9. The molecule has 9 nitrogen and oxygen atoms in total. The van der Waals surface area contributed by atoms with Gasteiger partial charge in [0.25, 0.3) is 10.0 Å². The third-order valence-corrected chi connectivity index (χ3v) is 8.45. The van der Waals surface area contributed by atoms with Crippen LogP contribution in [0.25, 0.3) is 0 Å². The molecule has 10 heteroatoms. The number of nitrogens with one attached hydrogen (secondary N) is 1. The minimum atomic E-state index is -4.26. The number of nitrogens with zero attached hydrogens (tertiary/aromatic N) is 2. The molecule has 0 bridgehead atoms. The topological polar surface area (TPSA) is 105 Å². The molecule has 226 valence electrons. The summed E-state index contributed by atoms with van der Waals surface area (Å²) in [4.78, 5) is 28.6. The lowest BCUT2D eigenvalue weighted by atomic mass is 10.1. The Kier molecular flexibility index (Phi) is 10.3. The summed E-state index contributed by atoms with van der Waals surface area (Å²) in [6.45, 7) is 10.7. The quantitative estimate of drug-likeness (QED) is 0.340. The average molecular weight is 596 g/mol. The zero-order chi connectivity index (χ0) is 31.2. The molecule has 0 aromatic heterocycles. The van der Waals surface area contributed by atoms with Gasteiger partial charge in [-0.3, -0.25) is 13.9 Å². The van der Waals surface area contributed by atoms with Gasteiger partial charge >= 0.3 is 0 Å². The van der Waals surface area contributed by atoms with E-state index in [0.717, 1.165) is 21.0 Å². The Hall–Kier alpha value is -4.05. The van der Waals surface area contributed by atoms with E-state index < -0.39 is 34.1 Å². The molecular formula is C32H41N3O6S. The van der Waals surface area contributed by atoms with Crippen LogP contribution in [0.4, 0.5) is 5.69 Å². The Morgan fingerprint density at radius 2 is 1.40 bits per heavy atom. The second kappa shape index (κ2) is 13.3. The van der Waals surface area contributed by atoms with Gasteiger partial charge in [-0.1, -0.05) is 47.5 Å². The van der Waals surface area contributed by atoms with E-state index in [0.29, 0.717) is 11.4 Å². The van der Waals surface area contributed by atoms with Crippen molar-refractivity contribution in [3.8, 4) is 11.5 Å². The molecule has 42 heavy (non-hydrogen) atoms. The molecule has 1 atom stereocenters. The molecule has 0 fully saturated rings. The molecule has 0 saturated heterocycles. The summed E-state index contributed by atoms with van der Waals surface area (Å²) in [5.74, 6) is -0.260. The summed E-state index contributed by atoms with van der Waals surface area (Å²) < 4.78 is 39.9. The van der Waals surface area contributed by atoms with E-state index >= 15 is 0 Å². The van der Waals surface area contributed by atoms with Crippen molar-refractivity contribution in [3.63, 3.8) is 0 Å². The number of methoxy groups -OCH3 is 2. The maximum absolute atomic E-state index is 14.1. The standard InChI is InChI=1S/C32H41N3O6S/c1-22-9-13-25(14-10-22)20-34(24(3)31(37)33-32(4,5)6)30(36)21-35(26-15-11-23(2)12-16-26)42(38,39)27-17-18-28(40-7)29(19-27)41-8/h9-19,24H,20-21H2,1-8H3,(H,33,37)/t24-/m0/s1. The first kappa shape index (κ1) is 32.5. The first-order valence-electron chi connectivity index (χ1n) is 13.6. The maximum atomic E-state index is 14.1. The van der Waals surface area contributed by atoms with Gasteiger partial charge in [-0.15, -0.1) is 0 Å². The predicted octanol–water partition coefficient (Wildman–Crippen LogP) is 4.85. The largest absolute Gasteiger partial charge is 0.493 e. The first-order chi connectivity index (χ1) is 19.7. The second-order valence-electron chi connectivity index (χ2n) is 11.3. The smallest absolute Gasteiger partial charge is 0.264 e. The molecule has 0 aliphatic carbocycles. The van der Waals surface area contributed by atoms with Crippen LogP contribution in [0.3, 0.4) is 0 Å². The van der Waals surface area contributed by atoms with Gasteiger partial charge in [-0.2, -0.15) is 0 Å². The number of rotatable bonds is 11. The number of benzene rings is 3. The highest BCUT2D eigenvalue weighted by Crippen LogP contribution is 2.32. The van der Waals surface area contributed by atoms with Crippen LogP contribution in [0.1, 0.15) is 44.4 Å². The van der Waals surface area contributed by atoms with Gasteiger partial charge in [0.05, 0.1) is 24.8 Å². The van der Waals surface area contributed by atoms with E-state index in [1.165, 1.54) is 37.3 Å². The molecule has 0 spiro atoms. The lowest BCUT2D eigenvalue weighted by molar-refractivity contribution is -0.140. The van der Waals surface area contributed by atoms with Crippen molar-refractivity contribution < 1.29 is 27.5 Å². The molecule has 3 rings (SSSR count). The third-order valence-electron chi connectivity index (χ3n) is 6.68. The van der Waals surface area contributed by atoms with E-state index in [4.69, 9.17) is 9.47 Å². The lowest BCUT2D eigenvalue weighted by Crippen LogP contribution is -2.54. The van der Waals surface area contributed by atoms with E-state index in [2.05, 4.69) is 5.32 Å². The molecule has 0 saturated carbocycles. The predicted molar refractivity (Wildman–Crippen MR) is 164 cm³/mol. The molecule has 3 aromatic carbocycles. The van der Waals surface area contributed by atoms with Gasteiger partial charge in [0.15, 0.2) is 11.5 Å². The highest BCUT2D eigenvalue weighted by molar-refractivity contribution is 7.92. The zero-order valence-electron chi connectivity index (χ0n) is 25.6. The van der Waals surface area contributed by atoms with Gasteiger partial charge in [0.1, 0.15) is 12.6 Å². The van der Waals surface area contributed by atoms with Gasteiger partial charge in [0.2, 0.25) is 11.8 Å². The highest BCUT2D eigenvalue weighted by atomic mass is 32.2. The summed E-state index contributed by atoms with van der Waals surface area (Å²) in [5, 5.41) is 2.93. The molecule has 3 aromatic rings. The Morgan fingerprint density at radius 3 is 1.93 bits per heavy atom. The van der Waals surface area contributed by atoms with Crippen LogP contribution in [0.5, 0.6) is 11.5 Å². The Balaban J connectivity index is 2.07. The molecule has 0 unspecified atom stereocenters. The SMILES string of the molecule is COc1ccc(S(=O)(=O)N(CC(=O)N(Cc2ccc(C)cc2)[C@@H](C)C(=O)NC(C)(C)C)c2ccc(C)cc2)cc1OC. The molecule has 1 N–H and O–H groups in total. The minimum absolute atomic E-state index is 0.0721.